The second-order valence-corrected chi connectivity index (χ2v) is 19.9. The molecule has 1 aromatic heterocycles. The van der Waals surface area contributed by atoms with Crippen molar-refractivity contribution in [2.45, 2.75) is 151 Å². The van der Waals surface area contributed by atoms with Crippen LogP contribution >= 0.6 is 0 Å². The largest absolute Gasteiger partial charge is 0.507 e. The zero-order chi connectivity index (χ0) is 42.1. The Labute approximate surface area is 342 Å². The van der Waals surface area contributed by atoms with Crippen LogP contribution in [0.4, 0.5) is 11.6 Å². The van der Waals surface area contributed by atoms with Gasteiger partial charge in [-0.3, -0.25) is 0 Å². The van der Waals surface area contributed by atoms with Gasteiger partial charge in [0.05, 0.1) is 0 Å². The molecule has 0 saturated carbocycles. The minimum absolute atomic E-state index is 0.00893. The van der Waals surface area contributed by atoms with Crippen LogP contribution in [-0.4, -0.2) is 26.1 Å². The van der Waals surface area contributed by atoms with E-state index in [1.54, 1.807) is 0 Å². The maximum Gasteiger partial charge on any atom is 0.324 e. The van der Waals surface area contributed by atoms with Gasteiger partial charge in [0.25, 0.3) is 0 Å². The maximum absolute atomic E-state index is 11.4. The van der Waals surface area contributed by atoms with Crippen molar-refractivity contribution in [1.82, 2.24) is 15.0 Å². The Morgan fingerprint density at radius 2 is 0.947 bits per heavy atom. The Kier molecular flexibility index (Phi) is 12.5. The predicted octanol–water partition coefficient (Wildman–Crippen LogP) is 12.4. The molecule has 0 unspecified atom stereocenters. The minimum atomic E-state index is -0.272. The molecule has 0 amide bonds. The SMILES string of the molecule is Cc1c(C(C)(C)C)cc(COc2nc(OCc3cc(C(C)(C)C)c(O)c(C(C)(C)C)c3)nc(N(c3ccc(Cc4ccccc4)cc3)C(C)C)n2)cc1C(C)(C)C. The number of benzene rings is 4. The normalized spacial score (nSPS) is 12.6. The third-order valence-corrected chi connectivity index (χ3v) is 10.4. The van der Waals surface area contributed by atoms with Gasteiger partial charge in [0, 0.05) is 11.7 Å². The molecule has 0 radical (unpaired) electrons. The number of hydrogen-bond donors (Lipinski definition) is 1. The Balaban J connectivity index is 1.55. The summed E-state index contributed by atoms with van der Waals surface area (Å²) in [7, 11) is 0. The summed E-state index contributed by atoms with van der Waals surface area (Å²) in [5.74, 6) is 0.770. The number of anilines is 2. The van der Waals surface area contributed by atoms with Gasteiger partial charge in [-0.15, -0.1) is 4.98 Å². The molecule has 0 atom stereocenters. The first-order valence-electron chi connectivity index (χ1n) is 20.4. The Bertz CT molecular complexity index is 1970. The molecular formula is C50H66N4O3. The first kappa shape index (κ1) is 43.2. The Hall–Kier alpha value is -4.91. The van der Waals surface area contributed by atoms with E-state index in [1.165, 1.54) is 27.8 Å². The van der Waals surface area contributed by atoms with Gasteiger partial charge in [0.15, 0.2) is 0 Å². The van der Waals surface area contributed by atoms with Gasteiger partial charge in [0.1, 0.15) is 19.0 Å². The Morgan fingerprint density at radius 1 is 0.544 bits per heavy atom. The fourth-order valence-corrected chi connectivity index (χ4v) is 7.45. The lowest BCUT2D eigenvalue weighted by Gasteiger charge is -2.30. The summed E-state index contributed by atoms with van der Waals surface area (Å²) in [4.78, 5) is 16.7. The number of ether oxygens (including phenoxy) is 2. The van der Waals surface area contributed by atoms with E-state index < -0.39 is 0 Å². The summed E-state index contributed by atoms with van der Waals surface area (Å²) in [5, 5.41) is 11.4. The molecule has 5 aromatic rings. The van der Waals surface area contributed by atoms with Crippen LogP contribution in [-0.2, 0) is 41.3 Å². The molecule has 4 aromatic carbocycles. The molecule has 0 aliphatic heterocycles. The molecule has 0 saturated heterocycles. The van der Waals surface area contributed by atoms with Gasteiger partial charge in [-0.2, -0.15) is 9.97 Å². The molecule has 0 spiro atoms. The highest BCUT2D eigenvalue weighted by Gasteiger charge is 2.28. The summed E-state index contributed by atoms with van der Waals surface area (Å²) >= 11 is 0. The molecule has 0 aliphatic rings. The zero-order valence-corrected chi connectivity index (χ0v) is 37.3. The second-order valence-electron chi connectivity index (χ2n) is 19.9. The predicted molar refractivity (Wildman–Crippen MR) is 236 cm³/mol. The smallest absolute Gasteiger partial charge is 0.324 e. The van der Waals surface area contributed by atoms with Crippen molar-refractivity contribution >= 4 is 11.6 Å². The molecule has 0 fully saturated rings. The van der Waals surface area contributed by atoms with Gasteiger partial charge >= 0.3 is 12.0 Å². The molecule has 7 heteroatoms. The van der Waals surface area contributed by atoms with Crippen molar-refractivity contribution in [2.24, 2.45) is 0 Å². The van der Waals surface area contributed by atoms with Gasteiger partial charge in [-0.25, -0.2) is 0 Å². The topological polar surface area (TPSA) is 80.6 Å². The highest BCUT2D eigenvalue weighted by Crippen LogP contribution is 2.40. The molecule has 1 N–H and O–H groups in total. The molecule has 304 valence electrons. The third-order valence-electron chi connectivity index (χ3n) is 10.4. The van der Waals surface area contributed by atoms with E-state index in [0.717, 1.165) is 34.4 Å². The van der Waals surface area contributed by atoms with Crippen molar-refractivity contribution in [3.63, 3.8) is 0 Å². The molecule has 5 rings (SSSR count). The molecule has 0 aliphatic carbocycles. The van der Waals surface area contributed by atoms with Crippen molar-refractivity contribution in [3.05, 3.63) is 129 Å². The van der Waals surface area contributed by atoms with Crippen LogP contribution in [0.1, 0.15) is 147 Å². The van der Waals surface area contributed by atoms with E-state index >= 15 is 0 Å². The molecule has 1 heterocycles. The standard InChI is InChI=1S/C50H66N4O3/c1-32(2)54(38-23-21-35(22-24-38)25-34-19-17-16-18-20-34)44-51-45(56-30-36-26-39(47(4,5)6)33(3)40(27-36)48(7,8)9)53-46(52-44)57-31-37-28-41(49(10,11)12)43(55)42(29-37)50(13,14)15/h16-24,26-29,32,55H,25,30-31H2,1-15H3. The van der Waals surface area contributed by atoms with Crippen LogP contribution in [0, 0.1) is 6.92 Å². The summed E-state index contributed by atoms with van der Waals surface area (Å²) < 4.78 is 12.9. The lowest BCUT2D eigenvalue weighted by atomic mass is 9.76. The van der Waals surface area contributed by atoms with Crippen molar-refractivity contribution < 1.29 is 14.6 Å². The van der Waals surface area contributed by atoms with Crippen LogP contribution in [0.2, 0.25) is 0 Å². The van der Waals surface area contributed by atoms with E-state index in [4.69, 9.17) is 24.4 Å². The highest BCUT2D eigenvalue weighted by atomic mass is 16.5. The number of phenolic OH excluding ortho intramolecular Hbond substituents is 1. The van der Waals surface area contributed by atoms with E-state index in [2.05, 4.69) is 169 Å². The van der Waals surface area contributed by atoms with E-state index in [9.17, 15) is 5.11 Å². The van der Waals surface area contributed by atoms with Crippen LogP contribution in [0.5, 0.6) is 17.8 Å². The quantitative estimate of drug-likeness (QED) is 0.143. The van der Waals surface area contributed by atoms with Gasteiger partial charge in [0.2, 0.25) is 5.95 Å². The summed E-state index contributed by atoms with van der Waals surface area (Å²) in [6.07, 6.45) is 0.850. The number of nitrogens with zero attached hydrogens (tertiary/aromatic N) is 4. The summed E-state index contributed by atoms with van der Waals surface area (Å²) in [5.41, 5.74) is 10.5. The third kappa shape index (κ3) is 10.7. The maximum atomic E-state index is 11.4. The van der Waals surface area contributed by atoms with Crippen molar-refractivity contribution in [2.75, 3.05) is 4.90 Å². The highest BCUT2D eigenvalue weighted by molar-refractivity contribution is 5.59. The molecule has 57 heavy (non-hydrogen) atoms. The first-order valence-corrected chi connectivity index (χ1v) is 20.4. The monoisotopic (exact) mass is 771 g/mol. The van der Waals surface area contributed by atoms with Gasteiger partial charge < -0.3 is 19.5 Å². The number of phenols is 1. The minimum Gasteiger partial charge on any atom is -0.507 e. The van der Waals surface area contributed by atoms with Crippen LogP contribution < -0.4 is 14.4 Å². The molecular weight excluding hydrogens is 705 g/mol. The molecule has 7 nitrogen and oxygen atoms in total. The fourth-order valence-electron chi connectivity index (χ4n) is 7.45. The Morgan fingerprint density at radius 3 is 1.35 bits per heavy atom. The molecule has 0 bridgehead atoms. The van der Waals surface area contributed by atoms with Gasteiger partial charge in [-0.05, 0) is 123 Å². The lowest BCUT2D eigenvalue weighted by Crippen LogP contribution is -2.28. The fraction of sp³-hybridized carbons (Fsp3) is 0.460. The summed E-state index contributed by atoms with van der Waals surface area (Å²) in [6.45, 7) is 33.1. The average Bonchev–Trinajstić information content (AvgIpc) is 3.10. The average molecular weight is 771 g/mol. The van der Waals surface area contributed by atoms with E-state index in [1.807, 2.05) is 18.2 Å². The van der Waals surface area contributed by atoms with Crippen LogP contribution in [0.3, 0.4) is 0 Å². The number of aromatic nitrogens is 3. The van der Waals surface area contributed by atoms with Crippen LogP contribution in [0.15, 0.2) is 78.9 Å². The second kappa shape index (κ2) is 16.5. The van der Waals surface area contributed by atoms with Crippen molar-refractivity contribution in [1.29, 1.82) is 0 Å². The number of hydrogen-bond acceptors (Lipinski definition) is 7. The number of rotatable bonds is 11. The number of aromatic hydroxyl groups is 1. The van der Waals surface area contributed by atoms with Crippen LogP contribution in [0.25, 0.3) is 0 Å². The zero-order valence-electron chi connectivity index (χ0n) is 37.3. The van der Waals surface area contributed by atoms with Gasteiger partial charge in [-0.1, -0.05) is 138 Å². The lowest BCUT2D eigenvalue weighted by molar-refractivity contribution is 0.249. The summed E-state index contributed by atoms with van der Waals surface area (Å²) in [6, 6.07) is 28.0. The van der Waals surface area contributed by atoms with E-state index in [0.29, 0.717) is 11.7 Å². The first-order chi connectivity index (χ1) is 26.4. The van der Waals surface area contributed by atoms with E-state index in [-0.39, 0.29) is 52.9 Å². The van der Waals surface area contributed by atoms with Crippen molar-refractivity contribution in [3.8, 4) is 17.8 Å².